The maximum absolute atomic E-state index is 12.9. The molecule has 25 heavy (non-hydrogen) atoms. The van der Waals surface area contributed by atoms with E-state index in [1.807, 2.05) is 0 Å². The lowest BCUT2D eigenvalue weighted by atomic mass is 10.1. The molecular formula is C18H19N3O4. The first kappa shape index (κ1) is 16.9. The summed E-state index contributed by atoms with van der Waals surface area (Å²) >= 11 is 0. The Morgan fingerprint density at radius 1 is 1.28 bits per heavy atom. The molecule has 7 heteroatoms. The zero-order valence-electron chi connectivity index (χ0n) is 13.9. The molecule has 0 spiro atoms. The van der Waals surface area contributed by atoms with Gasteiger partial charge < -0.3 is 14.8 Å². The molecular weight excluding hydrogens is 322 g/mol. The first-order valence-electron chi connectivity index (χ1n) is 8.00. The topological polar surface area (TPSA) is 80.8 Å². The zero-order chi connectivity index (χ0) is 17.6. The average molecular weight is 341 g/mol. The molecule has 2 aromatic rings. The number of fused-ring (bicyclic) bond motifs is 2. The Labute approximate surface area is 145 Å². The summed E-state index contributed by atoms with van der Waals surface area (Å²) in [5, 5.41) is 2.79. The van der Waals surface area contributed by atoms with Gasteiger partial charge in [0.15, 0.2) is 0 Å². The van der Waals surface area contributed by atoms with E-state index in [1.54, 1.807) is 49.7 Å². The number of benzene rings is 1. The van der Waals surface area contributed by atoms with E-state index in [0.717, 1.165) is 0 Å². The van der Waals surface area contributed by atoms with Gasteiger partial charge in [-0.3, -0.25) is 14.5 Å². The normalized spacial score (nSPS) is 12.7. The van der Waals surface area contributed by atoms with Gasteiger partial charge in [0.25, 0.3) is 5.91 Å². The molecule has 1 aliphatic rings. The summed E-state index contributed by atoms with van der Waals surface area (Å²) in [5.41, 5.74) is 0.864. The number of para-hydroxylation sites is 1. The van der Waals surface area contributed by atoms with E-state index in [0.29, 0.717) is 42.5 Å². The van der Waals surface area contributed by atoms with Gasteiger partial charge in [0, 0.05) is 26.5 Å². The quantitative estimate of drug-likeness (QED) is 0.813. The molecule has 0 radical (unpaired) electrons. The van der Waals surface area contributed by atoms with Crippen LogP contribution in [-0.2, 0) is 9.53 Å². The summed E-state index contributed by atoms with van der Waals surface area (Å²) in [4.78, 5) is 30.8. The molecule has 0 atom stereocenters. The van der Waals surface area contributed by atoms with Crippen LogP contribution in [0.2, 0.25) is 0 Å². The van der Waals surface area contributed by atoms with Gasteiger partial charge in [0.2, 0.25) is 11.8 Å². The summed E-state index contributed by atoms with van der Waals surface area (Å²) in [6.07, 6.45) is 2.29. The van der Waals surface area contributed by atoms with Crippen molar-refractivity contribution in [2.24, 2.45) is 0 Å². The summed E-state index contributed by atoms with van der Waals surface area (Å²) in [5.74, 6) is 0.177. The van der Waals surface area contributed by atoms with E-state index < -0.39 is 0 Å². The van der Waals surface area contributed by atoms with Crippen LogP contribution in [-0.4, -0.2) is 43.6 Å². The minimum atomic E-state index is -0.297. The van der Waals surface area contributed by atoms with E-state index in [-0.39, 0.29) is 18.4 Å². The monoisotopic (exact) mass is 341 g/mol. The van der Waals surface area contributed by atoms with Gasteiger partial charge in [-0.05, 0) is 30.7 Å². The fourth-order valence-electron chi connectivity index (χ4n) is 2.56. The van der Waals surface area contributed by atoms with Gasteiger partial charge in [-0.2, -0.15) is 0 Å². The van der Waals surface area contributed by atoms with Crippen molar-refractivity contribution in [3.63, 3.8) is 0 Å². The largest absolute Gasteiger partial charge is 0.436 e. The molecule has 0 saturated carbocycles. The first-order valence-corrected chi connectivity index (χ1v) is 8.00. The number of aromatic nitrogens is 1. The molecule has 0 aliphatic carbocycles. The molecule has 2 heterocycles. The molecule has 1 aliphatic heterocycles. The highest BCUT2D eigenvalue weighted by Crippen LogP contribution is 2.36. The highest BCUT2D eigenvalue weighted by Gasteiger charge is 2.29. The number of rotatable bonds is 6. The standard InChI is InChI=1S/C18H19N3O4/c1-24-11-5-10-19-16(22)12-21-14-7-4-9-20-17(14)25-15-8-3-2-6-13(15)18(21)23/h2-4,6-9H,5,10-12H2,1H3,(H,19,22). The van der Waals surface area contributed by atoms with Crippen LogP contribution in [0.4, 0.5) is 5.69 Å². The highest BCUT2D eigenvalue weighted by molar-refractivity contribution is 6.11. The number of hydrogen-bond acceptors (Lipinski definition) is 5. The number of anilines is 1. The van der Waals surface area contributed by atoms with Crippen LogP contribution < -0.4 is 15.0 Å². The fourth-order valence-corrected chi connectivity index (χ4v) is 2.56. The molecule has 0 unspecified atom stereocenters. The summed E-state index contributed by atoms with van der Waals surface area (Å²) in [6, 6.07) is 10.3. The molecule has 3 rings (SSSR count). The molecule has 0 bridgehead atoms. The van der Waals surface area contributed by atoms with Gasteiger partial charge in [-0.1, -0.05) is 12.1 Å². The van der Waals surface area contributed by atoms with Crippen molar-refractivity contribution >= 4 is 17.5 Å². The highest BCUT2D eigenvalue weighted by atomic mass is 16.5. The third-order valence-corrected chi connectivity index (χ3v) is 3.76. The minimum absolute atomic E-state index is 0.109. The average Bonchev–Trinajstić information content (AvgIpc) is 2.74. The molecule has 0 saturated heterocycles. The number of methoxy groups -OCH3 is 1. The molecule has 0 fully saturated rings. The maximum atomic E-state index is 12.9. The van der Waals surface area contributed by atoms with Crippen molar-refractivity contribution in [3.8, 4) is 11.6 Å². The Balaban J connectivity index is 1.84. The number of hydrogen-bond donors (Lipinski definition) is 1. The predicted molar refractivity (Wildman–Crippen MR) is 91.9 cm³/mol. The van der Waals surface area contributed by atoms with Gasteiger partial charge in [-0.25, -0.2) is 4.98 Å². The Bertz CT molecular complexity index is 778. The van der Waals surface area contributed by atoms with E-state index >= 15 is 0 Å². The zero-order valence-corrected chi connectivity index (χ0v) is 13.9. The second kappa shape index (κ2) is 7.76. The second-order valence-electron chi connectivity index (χ2n) is 5.51. The van der Waals surface area contributed by atoms with Crippen molar-refractivity contribution in [3.05, 3.63) is 48.2 Å². The molecule has 7 nitrogen and oxygen atoms in total. The smallest absolute Gasteiger partial charge is 0.262 e. The maximum Gasteiger partial charge on any atom is 0.262 e. The van der Waals surface area contributed by atoms with Gasteiger partial charge in [0.1, 0.15) is 18.0 Å². The predicted octanol–water partition coefficient (Wildman–Crippen LogP) is 1.99. The Morgan fingerprint density at radius 2 is 2.12 bits per heavy atom. The lowest BCUT2D eigenvalue weighted by molar-refractivity contribution is -0.119. The van der Waals surface area contributed by atoms with Crippen LogP contribution in [0.1, 0.15) is 16.8 Å². The van der Waals surface area contributed by atoms with E-state index in [2.05, 4.69) is 10.3 Å². The second-order valence-corrected chi connectivity index (χ2v) is 5.51. The van der Waals surface area contributed by atoms with Crippen LogP contribution in [0, 0.1) is 0 Å². The van der Waals surface area contributed by atoms with Gasteiger partial charge in [0.05, 0.1) is 5.56 Å². The summed E-state index contributed by atoms with van der Waals surface area (Å²) < 4.78 is 10.7. The number of ether oxygens (including phenoxy) is 2. The minimum Gasteiger partial charge on any atom is -0.436 e. The third-order valence-electron chi connectivity index (χ3n) is 3.76. The number of carbonyl (C=O) groups excluding carboxylic acids is 2. The molecule has 1 N–H and O–H groups in total. The van der Waals surface area contributed by atoms with Crippen LogP contribution in [0.15, 0.2) is 42.6 Å². The van der Waals surface area contributed by atoms with Gasteiger partial charge in [-0.15, -0.1) is 0 Å². The SMILES string of the molecule is COCCCNC(=O)CN1C(=O)c2ccccc2Oc2ncccc21. The lowest BCUT2D eigenvalue weighted by Crippen LogP contribution is -2.41. The summed E-state index contributed by atoms with van der Waals surface area (Å²) in [6.45, 7) is 0.945. The number of carbonyl (C=O) groups is 2. The van der Waals surface area contributed by atoms with Crippen LogP contribution in [0.5, 0.6) is 11.6 Å². The number of nitrogens with zero attached hydrogens (tertiary/aromatic N) is 2. The van der Waals surface area contributed by atoms with Gasteiger partial charge >= 0.3 is 0 Å². The van der Waals surface area contributed by atoms with Crippen molar-refractivity contribution in [2.75, 3.05) is 31.7 Å². The Morgan fingerprint density at radius 3 is 2.96 bits per heavy atom. The summed E-state index contributed by atoms with van der Waals surface area (Å²) in [7, 11) is 1.61. The van der Waals surface area contributed by atoms with Crippen molar-refractivity contribution in [1.29, 1.82) is 0 Å². The van der Waals surface area contributed by atoms with Crippen LogP contribution in [0.3, 0.4) is 0 Å². The molecule has 130 valence electrons. The third kappa shape index (κ3) is 3.77. The Hall–Kier alpha value is -2.93. The van der Waals surface area contributed by atoms with Crippen molar-refractivity contribution < 1.29 is 19.1 Å². The molecule has 1 aromatic carbocycles. The van der Waals surface area contributed by atoms with E-state index in [4.69, 9.17) is 9.47 Å². The van der Waals surface area contributed by atoms with Crippen molar-refractivity contribution in [2.45, 2.75) is 6.42 Å². The van der Waals surface area contributed by atoms with E-state index in [9.17, 15) is 9.59 Å². The number of amides is 2. The van der Waals surface area contributed by atoms with Crippen molar-refractivity contribution in [1.82, 2.24) is 10.3 Å². The fraction of sp³-hybridized carbons (Fsp3) is 0.278. The van der Waals surface area contributed by atoms with Crippen LogP contribution >= 0.6 is 0 Å². The molecule has 2 amide bonds. The molecule has 1 aromatic heterocycles. The van der Waals surface area contributed by atoms with Crippen LogP contribution in [0.25, 0.3) is 0 Å². The van der Waals surface area contributed by atoms with E-state index in [1.165, 1.54) is 4.90 Å². The lowest BCUT2D eigenvalue weighted by Gasteiger charge is -2.21. The number of nitrogens with one attached hydrogen (secondary N) is 1. The first-order chi connectivity index (χ1) is 12.2. The number of pyridine rings is 1. The Kier molecular flexibility index (Phi) is 5.25.